The molecular formula is C17H18N2O2S. The van der Waals surface area contributed by atoms with E-state index in [4.69, 9.17) is 0 Å². The summed E-state index contributed by atoms with van der Waals surface area (Å²) < 4.78 is 0. The maximum Gasteiger partial charge on any atom is 0.252 e. The maximum absolute atomic E-state index is 12.5. The standard InChI is InChI=1S/C17H18N2O2S/c20-16(15-8-4-10-22-15)13-6-1-2-7-14(13)17(21)19-12-5-3-9-18-11-12/h1-2,4,6-8,10,12,18H,3,5,9,11H2,(H,19,21). The second-order valence-corrected chi connectivity index (χ2v) is 6.32. The average Bonchev–Trinajstić information content (AvgIpc) is 3.09. The Hall–Kier alpha value is -1.98. The molecule has 0 radical (unpaired) electrons. The number of hydrogen-bond acceptors (Lipinski definition) is 4. The van der Waals surface area contributed by atoms with Gasteiger partial charge in [0.1, 0.15) is 0 Å². The van der Waals surface area contributed by atoms with Gasteiger partial charge in [-0.25, -0.2) is 0 Å². The molecule has 0 saturated carbocycles. The van der Waals surface area contributed by atoms with Crippen LogP contribution in [0.25, 0.3) is 0 Å². The highest BCUT2D eigenvalue weighted by atomic mass is 32.1. The minimum Gasteiger partial charge on any atom is -0.348 e. The van der Waals surface area contributed by atoms with Crippen molar-refractivity contribution in [1.82, 2.24) is 10.6 Å². The summed E-state index contributed by atoms with van der Waals surface area (Å²) in [4.78, 5) is 25.7. The van der Waals surface area contributed by atoms with Gasteiger partial charge in [0.05, 0.1) is 10.4 Å². The Bertz CT molecular complexity index is 661. The molecule has 2 N–H and O–H groups in total. The van der Waals surface area contributed by atoms with Crippen molar-refractivity contribution in [3.63, 3.8) is 0 Å². The molecule has 0 aliphatic carbocycles. The normalized spacial score (nSPS) is 17.9. The van der Waals surface area contributed by atoms with Crippen molar-refractivity contribution < 1.29 is 9.59 Å². The van der Waals surface area contributed by atoms with Crippen LogP contribution in [0.15, 0.2) is 41.8 Å². The molecule has 1 amide bonds. The van der Waals surface area contributed by atoms with E-state index in [1.807, 2.05) is 11.4 Å². The SMILES string of the molecule is O=C(NC1CCCNC1)c1ccccc1C(=O)c1cccs1. The molecule has 1 fully saturated rings. The van der Waals surface area contributed by atoms with Crippen LogP contribution in [-0.2, 0) is 0 Å². The second kappa shape index (κ2) is 6.85. The topological polar surface area (TPSA) is 58.2 Å². The van der Waals surface area contributed by atoms with Gasteiger partial charge in [-0.15, -0.1) is 11.3 Å². The van der Waals surface area contributed by atoms with Crippen molar-refractivity contribution >= 4 is 23.0 Å². The van der Waals surface area contributed by atoms with Gasteiger partial charge in [-0.05, 0) is 36.9 Å². The first kappa shape index (κ1) is 14.9. The number of ketones is 1. The van der Waals surface area contributed by atoms with Gasteiger partial charge in [0.15, 0.2) is 0 Å². The molecule has 1 unspecified atom stereocenters. The number of piperidine rings is 1. The highest BCUT2D eigenvalue weighted by Gasteiger charge is 2.21. The summed E-state index contributed by atoms with van der Waals surface area (Å²) in [6.07, 6.45) is 2.03. The van der Waals surface area contributed by atoms with Crippen molar-refractivity contribution in [2.75, 3.05) is 13.1 Å². The largest absolute Gasteiger partial charge is 0.348 e. The van der Waals surface area contributed by atoms with E-state index >= 15 is 0 Å². The number of benzene rings is 1. The van der Waals surface area contributed by atoms with E-state index < -0.39 is 0 Å². The van der Waals surface area contributed by atoms with Gasteiger partial charge in [0, 0.05) is 18.2 Å². The lowest BCUT2D eigenvalue weighted by molar-refractivity contribution is 0.0921. The highest BCUT2D eigenvalue weighted by Crippen LogP contribution is 2.18. The molecule has 1 atom stereocenters. The van der Waals surface area contributed by atoms with E-state index in [-0.39, 0.29) is 17.7 Å². The Balaban J connectivity index is 1.81. The number of carbonyl (C=O) groups excluding carboxylic acids is 2. The lowest BCUT2D eigenvalue weighted by Gasteiger charge is -2.24. The molecule has 1 aromatic heterocycles. The molecule has 1 saturated heterocycles. The minimum atomic E-state index is -0.172. The van der Waals surface area contributed by atoms with Crippen molar-refractivity contribution in [3.8, 4) is 0 Å². The van der Waals surface area contributed by atoms with E-state index in [0.717, 1.165) is 25.9 Å². The summed E-state index contributed by atoms with van der Waals surface area (Å²) in [6.45, 7) is 1.78. The van der Waals surface area contributed by atoms with Crippen LogP contribution < -0.4 is 10.6 Å². The molecular weight excluding hydrogens is 296 g/mol. The van der Waals surface area contributed by atoms with Crippen LogP contribution in [0.1, 0.15) is 38.4 Å². The van der Waals surface area contributed by atoms with Gasteiger partial charge in [-0.1, -0.05) is 24.3 Å². The van der Waals surface area contributed by atoms with Crippen molar-refractivity contribution in [3.05, 3.63) is 57.8 Å². The van der Waals surface area contributed by atoms with Gasteiger partial charge in [-0.2, -0.15) is 0 Å². The van der Waals surface area contributed by atoms with Crippen molar-refractivity contribution in [2.45, 2.75) is 18.9 Å². The smallest absolute Gasteiger partial charge is 0.252 e. The molecule has 1 aromatic carbocycles. The molecule has 4 nitrogen and oxygen atoms in total. The van der Waals surface area contributed by atoms with Crippen LogP contribution in [0, 0.1) is 0 Å². The molecule has 114 valence electrons. The number of carbonyl (C=O) groups is 2. The zero-order chi connectivity index (χ0) is 15.4. The van der Waals surface area contributed by atoms with E-state index in [1.165, 1.54) is 11.3 Å². The fourth-order valence-electron chi connectivity index (χ4n) is 2.66. The number of rotatable bonds is 4. The van der Waals surface area contributed by atoms with E-state index in [2.05, 4.69) is 10.6 Å². The Morgan fingerprint density at radius 3 is 2.64 bits per heavy atom. The van der Waals surface area contributed by atoms with Crippen LogP contribution >= 0.6 is 11.3 Å². The second-order valence-electron chi connectivity index (χ2n) is 5.37. The van der Waals surface area contributed by atoms with E-state index in [1.54, 1.807) is 30.3 Å². The van der Waals surface area contributed by atoms with Crippen LogP contribution in [0.5, 0.6) is 0 Å². The summed E-state index contributed by atoms with van der Waals surface area (Å²) in [5.41, 5.74) is 0.915. The Morgan fingerprint density at radius 1 is 1.14 bits per heavy atom. The third-order valence-electron chi connectivity index (χ3n) is 3.79. The maximum atomic E-state index is 12.5. The van der Waals surface area contributed by atoms with Crippen LogP contribution in [0.4, 0.5) is 0 Å². The zero-order valence-corrected chi connectivity index (χ0v) is 13.0. The average molecular weight is 314 g/mol. The summed E-state index contributed by atoms with van der Waals surface area (Å²) in [6, 6.07) is 10.8. The highest BCUT2D eigenvalue weighted by molar-refractivity contribution is 7.12. The Labute approximate surface area is 133 Å². The van der Waals surface area contributed by atoms with Gasteiger partial charge in [0.2, 0.25) is 5.78 Å². The molecule has 22 heavy (non-hydrogen) atoms. The fourth-order valence-corrected chi connectivity index (χ4v) is 3.34. The third-order valence-corrected chi connectivity index (χ3v) is 4.66. The summed E-state index contributed by atoms with van der Waals surface area (Å²) in [5, 5.41) is 8.16. The summed E-state index contributed by atoms with van der Waals surface area (Å²) in [5.74, 6) is -0.267. The molecule has 0 bridgehead atoms. The molecule has 3 rings (SSSR count). The monoisotopic (exact) mass is 314 g/mol. The summed E-state index contributed by atoms with van der Waals surface area (Å²) >= 11 is 1.39. The van der Waals surface area contributed by atoms with E-state index in [0.29, 0.717) is 16.0 Å². The summed E-state index contributed by atoms with van der Waals surface area (Å²) in [7, 11) is 0. The Morgan fingerprint density at radius 2 is 1.95 bits per heavy atom. The molecule has 5 heteroatoms. The molecule has 1 aliphatic rings. The van der Waals surface area contributed by atoms with Crippen molar-refractivity contribution in [2.24, 2.45) is 0 Å². The number of nitrogens with one attached hydrogen (secondary N) is 2. The zero-order valence-electron chi connectivity index (χ0n) is 12.2. The molecule has 0 spiro atoms. The predicted octanol–water partition coefficient (Wildman–Crippen LogP) is 2.46. The fraction of sp³-hybridized carbons (Fsp3) is 0.294. The predicted molar refractivity (Wildman–Crippen MR) is 87.6 cm³/mol. The molecule has 2 aromatic rings. The quantitative estimate of drug-likeness (QED) is 0.852. The lowest BCUT2D eigenvalue weighted by Crippen LogP contribution is -2.45. The van der Waals surface area contributed by atoms with Crippen molar-refractivity contribution in [1.29, 1.82) is 0 Å². The van der Waals surface area contributed by atoms with E-state index in [9.17, 15) is 9.59 Å². The first-order valence-corrected chi connectivity index (χ1v) is 8.32. The lowest BCUT2D eigenvalue weighted by atomic mass is 10.0. The molecule has 1 aliphatic heterocycles. The number of hydrogen-bond donors (Lipinski definition) is 2. The first-order valence-electron chi connectivity index (χ1n) is 7.44. The number of amides is 1. The third kappa shape index (κ3) is 3.26. The minimum absolute atomic E-state index is 0.0949. The van der Waals surface area contributed by atoms with Crippen LogP contribution in [-0.4, -0.2) is 30.8 Å². The molecule has 2 heterocycles. The number of thiophene rings is 1. The first-order chi connectivity index (χ1) is 10.8. The van der Waals surface area contributed by atoms with Crippen LogP contribution in [0.2, 0.25) is 0 Å². The van der Waals surface area contributed by atoms with Gasteiger partial charge < -0.3 is 10.6 Å². The van der Waals surface area contributed by atoms with Gasteiger partial charge in [-0.3, -0.25) is 9.59 Å². The van der Waals surface area contributed by atoms with Crippen LogP contribution in [0.3, 0.4) is 0 Å². The van der Waals surface area contributed by atoms with Gasteiger partial charge in [0.25, 0.3) is 5.91 Å². The van der Waals surface area contributed by atoms with Gasteiger partial charge >= 0.3 is 0 Å². The Kier molecular flexibility index (Phi) is 4.65.